The lowest BCUT2D eigenvalue weighted by atomic mass is 9.92. The maximum Gasteiger partial charge on any atom is 0.277 e. The highest BCUT2D eigenvalue weighted by Crippen LogP contribution is 2.27. The molecule has 0 spiro atoms. The smallest absolute Gasteiger partial charge is 0.277 e. The largest absolute Gasteiger partial charge is 0.469 e. The predicted octanol–water partition coefficient (Wildman–Crippen LogP) is 3.35. The van der Waals surface area contributed by atoms with Crippen LogP contribution in [0.2, 0.25) is 0 Å². The molecule has 0 unspecified atom stereocenters. The number of aryl methyl sites for hydroxylation is 1. The molecular formula is C13H16N2O3S. The van der Waals surface area contributed by atoms with Crippen molar-refractivity contribution in [2.24, 2.45) is 5.41 Å². The van der Waals surface area contributed by atoms with E-state index in [4.69, 9.17) is 8.83 Å². The molecule has 0 fully saturated rings. The topological polar surface area (TPSA) is 69.1 Å². The number of hydrogen-bond acceptors (Lipinski definition) is 6. The van der Waals surface area contributed by atoms with Crippen molar-refractivity contribution in [1.29, 1.82) is 0 Å². The van der Waals surface area contributed by atoms with Gasteiger partial charge in [0.15, 0.2) is 0 Å². The summed E-state index contributed by atoms with van der Waals surface area (Å²) in [5.41, 5.74) is 0.429. The number of furan rings is 1. The minimum absolute atomic E-state index is 0.150. The lowest BCUT2D eigenvalue weighted by molar-refractivity contribution is -0.123. The molecule has 0 bridgehead atoms. The van der Waals surface area contributed by atoms with Gasteiger partial charge in [-0.15, -0.1) is 10.2 Å². The number of thioether (sulfide) groups is 1. The van der Waals surface area contributed by atoms with Crippen LogP contribution in [0.15, 0.2) is 26.4 Å². The van der Waals surface area contributed by atoms with Gasteiger partial charge in [-0.25, -0.2) is 0 Å². The molecule has 0 radical (unpaired) electrons. The van der Waals surface area contributed by atoms with Crippen molar-refractivity contribution in [2.45, 2.75) is 32.9 Å². The highest BCUT2D eigenvalue weighted by molar-refractivity contribution is 7.99. The van der Waals surface area contributed by atoms with E-state index in [9.17, 15) is 4.79 Å². The van der Waals surface area contributed by atoms with Crippen LogP contribution in [0.5, 0.6) is 0 Å². The van der Waals surface area contributed by atoms with Gasteiger partial charge in [0, 0.05) is 5.41 Å². The highest BCUT2D eigenvalue weighted by atomic mass is 32.2. The summed E-state index contributed by atoms with van der Waals surface area (Å²) in [6.07, 6.45) is 1.57. The maximum absolute atomic E-state index is 11.8. The lowest BCUT2D eigenvalue weighted by Gasteiger charge is -2.14. The second kappa shape index (κ2) is 5.21. The van der Waals surface area contributed by atoms with Crippen LogP contribution in [-0.2, 0) is 4.79 Å². The van der Waals surface area contributed by atoms with Crippen molar-refractivity contribution < 1.29 is 13.6 Å². The van der Waals surface area contributed by atoms with Gasteiger partial charge in [0.1, 0.15) is 11.5 Å². The van der Waals surface area contributed by atoms with Crippen LogP contribution in [0.3, 0.4) is 0 Å². The fourth-order valence-electron chi connectivity index (χ4n) is 1.33. The van der Waals surface area contributed by atoms with Crippen LogP contribution >= 0.6 is 11.8 Å². The first-order chi connectivity index (χ1) is 8.88. The predicted molar refractivity (Wildman–Crippen MR) is 71.9 cm³/mol. The fraction of sp³-hybridized carbons (Fsp3) is 0.462. The summed E-state index contributed by atoms with van der Waals surface area (Å²) in [6.45, 7) is 7.51. The van der Waals surface area contributed by atoms with E-state index in [1.807, 2.05) is 27.7 Å². The van der Waals surface area contributed by atoms with Crippen molar-refractivity contribution in [3.05, 3.63) is 18.1 Å². The van der Waals surface area contributed by atoms with Gasteiger partial charge in [-0.2, -0.15) is 0 Å². The molecule has 0 saturated heterocycles. The lowest BCUT2D eigenvalue weighted by Crippen LogP contribution is -2.21. The second-order valence-electron chi connectivity index (χ2n) is 5.23. The standard InChI is InChI=1S/C13H16N2O3S/c1-8-9(5-6-17-8)11-14-15-12(18-11)19-7-10(16)13(2,3)4/h5-6H,7H2,1-4H3. The van der Waals surface area contributed by atoms with Gasteiger partial charge in [0.05, 0.1) is 17.6 Å². The molecule has 6 heteroatoms. The molecule has 19 heavy (non-hydrogen) atoms. The van der Waals surface area contributed by atoms with E-state index in [1.54, 1.807) is 12.3 Å². The Bertz CT molecular complexity index is 581. The number of carbonyl (C=O) groups is 1. The molecule has 0 aliphatic rings. The molecule has 0 N–H and O–H groups in total. The molecule has 2 aromatic rings. The zero-order chi connectivity index (χ0) is 14.0. The zero-order valence-electron chi connectivity index (χ0n) is 11.4. The molecule has 0 aromatic carbocycles. The minimum atomic E-state index is -0.350. The summed E-state index contributed by atoms with van der Waals surface area (Å²) >= 11 is 1.26. The summed E-state index contributed by atoms with van der Waals surface area (Å²) in [4.78, 5) is 11.8. The molecule has 2 heterocycles. The van der Waals surface area contributed by atoms with Crippen LogP contribution in [0.1, 0.15) is 26.5 Å². The molecular weight excluding hydrogens is 264 g/mol. The Kier molecular flexibility index (Phi) is 3.80. The Morgan fingerprint density at radius 2 is 2.11 bits per heavy atom. The Balaban J connectivity index is 2.03. The average Bonchev–Trinajstić information content (AvgIpc) is 2.92. The van der Waals surface area contributed by atoms with E-state index in [2.05, 4.69) is 10.2 Å². The molecule has 0 aliphatic heterocycles. The third kappa shape index (κ3) is 3.26. The number of hydrogen-bond donors (Lipinski definition) is 0. The SMILES string of the molecule is Cc1occc1-c1nnc(SCC(=O)C(C)(C)C)o1. The van der Waals surface area contributed by atoms with Crippen LogP contribution in [0, 0.1) is 12.3 Å². The molecule has 0 saturated carbocycles. The van der Waals surface area contributed by atoms with Gasteiger partial charge >= 0.3 is 0 Å². The van der Waals surface area contributed by atoms with Crippen molar-refractivity contribution in [3.8, 4) is 11.5 Å². The van der Waals surface area contributed by atoms with Crippen molar-refractivity contribution in [3.63, 3.8) is 0 Å². The van der Waals surface area contributed by atoms with E-state index in [-0.39, 0.29) is 11.2 Å². The second-order valence-corrected chi connectivity index (χ2v) is 6.15. The summed E-state index contributed by atoms with van der Waals surface area (Å²) in [5, 5.41) is 8.27. The number of rotatable bonds is 4. The summed E-state index contributed by atoms with van der Waals surface area (Å²) in [7, 11) is 0. The third-order valence-electron chi connectivity index (χ3n) is 2.66. The first-order valence-corrected chi connectivity index (χ1v) is 6.90. The van der Waals surface area contributed by atoms with E-state index in [1.165, 1.54) is 11.8 Å². The summed E-state index contributed by atoms with van der Waals surface area (Å²) in [6, 6.07) is 1.78. The number of carbonyl (C=O) groups excluding carboxylic acids is 1. The first-order valence-electron chi connectivity index (χ1n) is 5.92. The zero-order valence-corrected chi connectivity index (χ0v) is 12.2. The average molecular weight is 280 g/mol. The Labute approximate surface area is 115 Å². The molecule has 5 nitrogen and oxygen atoms in total. The Morgan fingerprint density at radius 3 is 2.68 bits per heavy atom. The van der Waals surface area contributed by atoms with Crippen molar-refractivity contribution >= 4 is 17.5 Å². The van der Waals surface area contributed by atoms with Gasteiger partial charge in [0.25, 0.3) is 11.1 Å². The van der Waals surface area contributed by atoms with Crippen LogP contribution in [0.4, 0.5) is 0 Å². The summed E-state index contributed by atoms with van der Waals surface area (Å²) in [5.74, 6) is 1.62. The number of nitrogens with zero attached hydrogens (tertiary/aromatic N) is 2. The van der Waals surface area contributed by atoms with E-state index in [0.717, 1.165) is 11.3 Å². The van der Waals surface area contributed by atoms with Gasteiger partial charge in [-0.05, 0) is 13.0 Å². The van der Waals surface area contributed by atoms with Crippen LogP contribution < -0.4 is 0 Å². The normalized spacial score (nSPS) is 11.8. The maximum atomic E-state index is 11.8. The van der Waals surface area contributed by atoms with Gasteiger partial charge in [-0.1, -0.05) is 32.5 Å². The first kappa shape index (κ1) is 13.9. The van der Waals surface area contributed by atoms with E-state index >= 15 is 0 Å². The highest BCUT2D eigenvalue weighted by Gasteiger charge is 2.22. The minimum Gasteiger partial charge on any atom is -0.469 e. The van der Waals surface area contributed by atoms with Gasteiger partial charge < -0.3 is 8.83 Å². The van der Waals surface area contributed by atoms with Crippen LogP contribution in [0.25, 0.3) is 11.5 Å². The molecule has 2 rings (SSSR count). The van der Waals surface area contributed by atoms with E-state index < -0.39 is 0 Å². The van der Waals surface area contributed by atoms with Gasteiger partial charge in [-0.3, -0.25) is 4.79 Å². The number of Topliss-reactive ketones (excluding diaryl/α,β-unsaturated/α-hetero) is 1. The summed E-state index contributed by atoms with van der Waals surface area (Å²) < 4.78 is 10.7. The third-order valence-corrected chi connectivity index (χ3v) is 3.48. The fourth-order valence-corrected chi connectivity index (χ4v) is 2.25. The number of aromatic nitrogens is 2. The molecule has 2 aromatic heterocycles. The van der Waals surface area contributed by atoms with E-state index in [0.29, 0.717) is 16.9 Å². The molecule has 102 valence electrons. The Hall–Kier alpha value is -1.56. The monoisotopic (exact) mass is 280 g/mol. The van der Waals surface area contributed by atoms with Crippen molar-refractivity contribution in [2.75, 3.05) is 5.75 Å². The Morgan fingerprint density at radius 1 is 1.37 bits per heavy atom. The van der Waals surface area contributed by atoms with Crippen molar-refractivity contribution in [1.82, 2.24) is 10.2 Å². The molecule has 0 aliphatic carbocycles. The van der Waals surface area contributed by atoms with Crippen LogP contribution in [-0.4, -0.2) is 21.7 Å². The quantitative estimate of drug-likeness (QED) is 0.800. The van der Waals surface area contributed by atoms with Gasteiger partial charge in [0.2, 0.25) is 0 Å². The molecule has 0 atom stereocenters. The number of ketones is 1. The molecule has 0 amide bonds.